The average Bonchev–Trinajstić information content (AvgIpc) is 2.64. The van der Waals surface area contributed by atoms with E-state index in [1.807, 2.05) is 0 Å². The molecule has 12 aromatic carbocycles. The Morgan fingerprint density at radius 1 is 0.350 bits per heavy atom. The smallest absolute Gasteiger partial charge is 0.167 e. The van der Waals surface area contributed by atoms with Crippen molar-refractivity contribution in [2.45, 2.75) is 90.9 Å². The number of nitrogens with zero attached hydrogens (tertiary/aromatic N) is 3. The predicted octanol–water partition coefficient (Wildman–Crippen LogP) is 19.6. The van der Waals surface area contributed by atoms with Crippen molar-refractivity contribution in [3.63, 3.8) is 0 Å². The minimum atomic E-state index is -0.206. The third-order valence-electron chi connectivity index (χ3n) is 18.6. The Bertz CT molecular complexity index is 4480. The maximum absolute atomic E-state index is 6.14. The number of hydrogen-bond acceptors (Lipinski definition) is 5. The van der Waals surface area contributed by atoms with Crippen LogP contribution in [0.3, 0.4) is 0 Å². The van der Waals surface area contributed by atoms with Crippen LogP contribution in [0.4, 0.5) is 0 Å². The van der Waals surface area contributed by atoms with Gasteiger partial charge in [0.15, 0.2) is 11.6 Å². The summed E-state index contributed by atoms with van der Waals surface area (Å²) >= 11 is 0. The Morgan fingerprint density at radius 3 is 1.05 bits per heavy atom. The highest BCUT2D eigenvalue weighted by Crippen LogP contribution is 2.57. The van der Waals surface area contributed by atoms with Crippen LogP contribution < -0.4 is 9.47 Å². The normalized spacial score (nSPS) is 14.4. The van der Waals surface area contributed by atoms with Crippen molar-refractivity contribution < 1.29 is 9.47 Å². The second kappa shape index (κ2) is 16.5. The van der Waals surface area contributed by atoms with Gasteiger partial charge in [-0.15, -0.1) is 0 Å². The van der Waals surface area contributed by atoms with Crippen molar-refractivity contribution in [2.24, 2.45) is 0 Å². The van der Waals surface area contributed by atoms with Gasteiger partial charge in [-0.2, -0.15) is 0 Å². The zero-order valence-corrected chi connectivity index (χ0v) is 47.7. The molecule has 0 saturated carbocycles. The van der Waals surface area contributed by atoms with E-state index in [1.165, 1.54) is 120 Å². The van der Waals surface area contributed by atoms with Crippen LogP contribution in [0.1, 0.15) is 103 Å². The molecule has 0 bridgehead atoms. The lowest BCUT2D eigenvalue weighted by molar-refractivity contribution is 0.416. The van der Waals surface area contributed by atoms with E-state index in [0.29, 0.717) is 23.1 Å². The molecule has 0 radical (unpaired) electrons. The van der Waals surface area contributed by atoms with Crippen molar-refractivity contribution in [3.05, 3.63) is 197 Å². The molecule has 5 nitrogen and oxygen atoms in total. The molecule has 0 fully saturated rings. The number of aromatic nitrogens is 3. The molecule has 1 heterocycles. The number of rotatable bonds is 6. The lowest BCUT2D eigenvalue weighted by Crippen LogP contribution is -2.15. The molecule has 0 unspecified atom stereocenters. The molecule has 0 spiro atoms. The Balaban J connectivity index is 0.743. The fraction of sp³-hybridized carbons (Fsp3) is 0.213. The van der Waals surface area contributed by atoms with E-state index in [1.54, 1.807) is 20.5 Å². The molecule has 0 atom stereocenters. The first-order valence-corrected chi connectivity index (χ1v) is 28.2. The van der Waals surface area contributed by atoms with E-state index in [4.69, 9.17) is 24.4 Å². The van der Waals surface area contributed by atoms with Gasteiger partial charge in [-0.1, -0.05) is 178 Å². The first kappa shape index (κ1) is 48.5. The summed E-state index contributed by atoms with van der Waals surface area (Å²) in [5.41, 5.74) is 19.1. The topological polar surface area (TPSA) is 57.1 Å². The lowest BCUT2D eigenvalue weighted by atomic mass is 9.79. The van der Waals surface area contributed by atoms with Gasteiger partial charge in [0.2, 0.25) is 0 Å². The Kier molecular flexibility index (Phi) is 9.97. The third kappa shape index (κ3) is 6.85. The summed E-state index contributed by atoms with van der Waals surface area (Å²) in [6, 6.07) is 59.8. The summed E-state index contributed by atoms with van der Waals surface area (Å²) < 4.78 is 12.3. The van der Waals surface area contributed by atoms with Crippen molar-refractivity contribution in [3.8, 4) is 78.8 Å². The van der Waals surface area contributed by atoms with Crippen molar-refractivity contribution in [2.75, 3.05) is 14.2 Å². The maximum Gasteiger partial charge on any atom is 0.167 e. The minimum Gasteiger partial charge on any atom is -0.496 e. The second-order valence-electron chi connectivity index (χ2n) is 26.0. The van der Waals surface area contributed by atoms with Crippen molar-refractivity contribution in [1.29, 1.82) is 0 Å². The number of ether oxygens (including phenoxy) is 2. The highest BCUT2D eigenvalue weighted by molar-refractivity contribution is 6.28. The van der Waals surface area contributed by atoms with Crippen LogP contribution in [0.2, 0.25) is 0 Å². The average molecular weight is 1040 g/mol. The molecule has 2 aliphatic carbocycles. The number of benzene rings is 12. The molecule has 0 N–H and O–H groups in total. The molecule has 0 saturated heterocycles. The summed E-state index contributed by atoms with van der Waals surface area (Å²) in [5.74, 6) is 2.42. The molecule has 13 aromatic rings. The van der Waals surface area contributed by atoms with Crippen LogP contribution in [-0.2, 0) is 21.7 Å². The molecular weight excluding hydrogens is 975 g/mol. The maximum atomic E-state index is 6.14. The van der Waals surface area contributed by atoms with Crippen LogP contribution in [0.25, 0.3) is 132 Å². The Hall–Kier alpha value is -8.67. The van der Waals surface area contributed by atoms with E-state index in [2.05, 4.69) is 227 Å². The fourth-order valence-corrected chi connectivity index (χ4v) is 14.1. The van der Waals surface area contributed by atoms with Gasteiger partial charge in [-0.05, 0) is 202 Å². The molecule has 1 aromatic heterocycles. The van der Waals surface area contributed by atoms with Crippen LogP contribution in [-0.4, -0.2) is 29.2 Å². The molecule has 5 heteroatoms. The standard InChI is InChI=1S/C75H63N3O2/c1-72(2,3)50-29-44-13-15-48-35-60-68(56-27-21-46(31-50)64(44)66(48)56)52-23-17-40(33-58(52)74(60,7)8)42-19-25-54(62(37-42)79-11)70-76-39-77-71(78-70)55-26-20-43(38-63(55)80-12)41-18-24-53-59(34-41)75(9,10)61-36-49-16-14-45-30-51(73(4,5)6)32-47-22-28-57(69(53)61)67(49)65(45)47/h13-39H,1-12H3. The molecule has 390 valence electrons. The largest absolute Gasteiger partial charge is 0.496 e. The molecule has 15 rings (SSSR count). The van der Waals surface area contributed by atoms with Gasteiger partial charge < -0.3 is 9.47 Å². The number of fused-ring (bicyclic) bond motifs is 8. The van der Waals surface area contributed by atoms with Gasteiger partial charge >= 0.3 is 0 Å². The van der Waals surface area contributed by atoms with Gasteiger partial charge in [0.1, 0.15) is 17.8 Å². The third-order valence-corrected chi connectivity index (χ3v) is 18.6. The molecule has 80 heavy (non-hydrogen) atoms. The summed E-state index contributed by atoms with van der Waals surface area (Å²) in [5, 5.41) is 15.9. The quantitative estimate of drug-likeness (QED) is 0.155. The van der Waals surface area contributed by atoms with Gasteiger partial charge in [0.05, 0.1) is 25.3 Å². The Morgan fingerprint density at radius 2 is 0.688 bits per heavy atom. The van der Waals surface area contributed by atoms with Crippen LogP contribution in [0, 0.1) is 0 Å². The minimum absolute atomic E-state index is 0.0694. The van der Waals surface area contributed by atoms with Crippen molar-refractivity contribution in [1.82, 2.24) is 15.0 Å². The fourth-order valence-electron chi connectivity index (χ4n) is 14.1. The van der Waals surface area contributed by atoms with Crippen LogP contribution in [0.15, 0.2) is 164 Å². The summed E-state index contributed by atoms with van der Waals surface area (Å²) in [6.07, 6.45) is 1.58. The second-order valence-corrected chi connectivity index (χ2v) is 26.0. The van der Waals surface area contributed by atoms with Gasteiger partial charge in [-0.3, -0.25) is 0 Å². The van der Waals surface area contributed by atoms with Gasteiger partial charge in [0.25, 0.3) is 0 Å². The highest BCUT2D eigenvalue weighted by Gasteiger charge is 2.39. The number of methoxy groups -OCH3 is 2. The first-order valence-electron chi connectivity index (χ1n) is 28.2. The van der Waals surface area contributed by atoms with E-state index in [0.717, 1.165) is 33.4 Å². The number of hydrogen-bond donors (Lipinski definition) is 0. The molecule has 0 amide bonds. The van der Waals surface area contributed by atoms with E-state index >= 15 is 0 Å². The first-order chi connectivity index (χ1) is 38.3. The highest BCUT2D eigenvalue weighted by atomic mass is 16.5. The Labute approximate surface area is 468 Å². The summed E-state index contributed by atoms with van der Waals surface area (Å²) in [7, 11) is 3.43. The van der Waals surface area contributed by atoms with E-state index in [9.17, 15) is 0 Å². The van der Waals surface area contributed by atoms with Crippen LogP contribution >= 0.6 is 0 Å². The summed E-state index contributed by atoms with van der Waals surface area (Å²) in [6.45, 7) is 23.3. The molecular formula is C75H63N3O2. The summed E-state index contributed by atoms with van der Waals surface area (Å²) in [4.78, 5) is 14.5. The van der Waals surface area contributed by atoms with E-state index in [-0.39, 0.29) is 21.7 Å². The zero-order valence-electron chi connectivity index (χ0n) is 47.7. The van der Waals surface area contributed by atoms with E-state index < -0.39 is 0 Å². The van der Waals surface area contributed by atoms with Crippen molar-refractivity contribution >= 4 is 64.6 Å². The lowest BCUT2D eigenvalue weighted by Gasteiger charge is -2.24. The SMILES string of the molecule is COc1cc(-c2ccc3c(c2)C(C)(C)c2cc4ccc5cc(C(C)(C)C)cc6ccc(c2-3)c4c56)ccc1-c1ncnc(-c2ccc(-c3ccc4c(c3)C(C)(C)c3cc5ccc6cc(C(C)(C)C)cc7ccc(c3-4)c5c67)cc2OC)n1. The van der Waals surface area contributed by atoms with Crippen LogP contribution in [0.5, 0.6) is 11.5 Å². The zero-order chi connectivity index (χ0) is 55.1. The monoisotopic (exact) mass is 1040 g/mol. The molecule has 0 aliphatic heterocycles. The van der Waals surface area contributed by atoms with Gasteiger partial charge in [0, 0.05) is 10.8 Å². The van der Waals surface area contributed by atoms with Gasteiger partial charge in [-0.25, -0.2) is 15.0 Å². The predicted molar refractivity (Wildman–Crippen MR) is 335 cm³/mol. The molecule has 2 aliphatic rings.